The van der Waals surface area contributed by atoms with Crippen LogP contribution in [0.4, 0.5) is 0 Å². The SMILES string of the molecule is CC1(C)OCC([C@@H](n2nncc2-c2ccccc2)P(C)(C)=O)O1. The minimum absolute atomic E-state index is 0.324. The van der Waals surface area contributed by atoms with Gasteiger partial charge in [-0.15, -0.1) is 5.10 Å². The standard InChI is InChI=1S/C16H22N3O3P/c1-16(2)21-11-14(22-16)15(23(3,4)20)19-13(10-17-18-19)12-8-6-5-7-9-12/h5-10,14-15H,11H2,1-4H3/t14?,15-/m0/s1. The highest BCUT2D eigenvalue weighted by Crippen LogP contribution is 2.54. The van der Waals surface area contributed by atoms with Gasteiger partial charge in [-0.1, -0.05) is 35.5 Å². The molecule has 0 saturated carbocycles. The third kappa shape index (κ3) is 3.39. The van der Waals surface area contributed by atoms with Gasteiger partial charge in [0, 0.05) is 5.56 Å². The smallest absolute Gasteiger partial charge is 0.163 e. The second-order valence-corrected chi connectivity index (χ2v) is 10.0. The zero-order valence-electron chi connectivity index (χ0n) is 13.8. The van der Waals surface area contributed by atoms with Crippen molar-refractivity contribution in [2.45, 2.75) is 31.5 Å². The van der Waals surface area contributed by atoms with Gasteiger partial charge in [-0.25, -0.2) is 4.68 Å². The van der Waals surface area contributed by atoms with E-state index in [1.165, 1.54) is 0 Å². The molecular weight excluding hydrogens is 313 g/mol. The maximum Gasteiger partial charge on any atom is 0.163 e. The molecular formula is C16H22N3O3P. The molecule has 6 nitrogen and oxygen atoms in total. The molecule has 1 aromatic heterocycles. The number of aromatic nitrogens is 3. The Balaban J connectivity index is 2.03. The highest BCUT2D eigenvalue weighted by Gasteiger charge is 2.44. The quantitative estimate of drug-likeness (QED) is 0.803. The van der Waals surface area contributed by atoms with Crippen LogP contribution in [0.5, 0.6) is 0 Å². The topological polar surface area (TPSA) is 66.2 Å². The van der Waals surface area contributed by atoms with Gasteiger partial charge in [0.15, 0.2) is 5.79 Å². The molecule has 0 aliphatic carbocycles. The van der Waals surface area contributed by atoms with Gasteiger partial charge >= 0.3 is 0 Å². The molecule has 23 heavy (non-hydrogen) atoms. The van der Waals surface area contributed by atoms with Crippen LogP contribution >= 0.6 is 7.14 Å². The van der Waals surface area contributed by atoms with Crippen LogP contribution in [-0.4, -0.2) is 46.8 Å². The van der Waals surface area contributed by atoms with Gasteiger partial charge < -0.3 is 14.0 Å². The summed E-state index contributed by atoms with van der Waals surface area (Å²) in [5, 5.41) is 8.25. The normalized spacial score (nSPS) is 22.2. The van der Waals surface area contributed by atoms with Crippen LogP contribution in [0.15, 0.2) is 36.5 Å². The third-order valence-corrected chi connectivity index (χ3v) is 5.72. The molecule has 0 bridgehead atoms. The summed E-state index contributed by atoms with van der Waals surface area (Å²) in [6.07, 6.45) is 1.37. The van der Waals surface area contributed by atoms with Crippen molar-refractivity contribution in [2.75, 3.05) is 19.9 Å². The van der Waals surface area contributed by atoms with Crippen molar-refractivity contribution in [1.82, 2.24) is 15.0 Å². The first-order chi connectivity index (χ1) is 10.8. The summed E-state index contributed by atoms with van der Waals surface area (Å²) >= 11 is 0. The molecule has 0 radical (unpaired) electrons. The summed E-state index contributed by atoms with van der Waals surface area (Å²) in [4.78, 5) is 0. The van der Waals surface area contributed by atoms with Gasteiger partial charge in [0.25, 0.3) is 0 Å². The van der Waals surface area contributed by atoms with Crippen molar-refractivity contribution >= 4 is 7.14 Å². The van der Waals surface area contributed by atoms with Gasteiger partial charge in [0.05, 0.1) is 18.5 Å². The number of hydrogen-bond donors (Lipinski definition) is 0. The molecule has 2 atom stereocenters. The van der Waals surface area contributed by atoms with Crippen LogP contribution in [0.3, 0.4) is 0 Å². The molecule has 0 amide bonds. The molecule has 2 heterocycles. The molecule has 1 aliphatic rings. The van der Waals surface area contributed by atoms with E-state index in [0.29, 0.717) is 6.61 Å². The fourth-order valence-corrected chi connectivity index (χ4v) is 4.58. The average Bonchev–Trinajstić information content (AvgIpc) is 3.06. The monoisotopic (exact) mass is 335 g/mol. The van der Waals surface area contributed by atoms with E-state index in [9.17, 15) is 4.57 Å². The van der Waals surface area contributed by atoms with Gasteiger partial charge in [0.1, 0.15) is 19.0 Å². The Morgan fingerprint density at radius 1 is 1.30 bits per heavy atom. The molecule has 1 saturated heterocycles. The lowest BCUT2D eigenvalue weighted by atomic mass is 10.1. The van der Waals surface area contributed by atoms with E-state index < -0.39 is 18.7 Å². The number of rotatable bonds is 4. The van der Waals surface area contributed by atoms with Crippen LogP contribution in [0.25, 0.3) is 11.3 Å². The second-order valence-electron chi connectivity index (χ2n) is 6.64. The fourth-order valence-electron chi connectivity index (χ4n) is 2.94. The minimum atomic E-state index is -2.56. The predicted molar refractivity (Wildman–Crippen MR) is 88.9 cm³/mol. The number of benzene rings is 1. The minimum Gasteiger partial charge on any atom is -0.348 e. The molecule has 1 unspecified atom stereocenters. The first kappa shape index (κ1) is 16.4. The van der Waals surface area contributed by atoms with E-state index in [4.69, 9.17) is 9.47 Å². The Morgan fingerprint density at radius 2 is 2.00 bits per heavy atom. The summed E-state index contributed by atoms with van der Waals surface area (Å²) in [6, 6.07) is 9.84. The second kappa shape index (κ2) is 5.86. The zero-order valence-corrected chi connectivity index (χ0v) is 14.7. The third-order valence-electron chi connectivity index (χ3n) is 3.89. The lowest BCUT2D eigenvalue weighted by molar-refractivity contribution is -0.140. The first-order valence-corrected chi connectivity index (χ1v) is 10.3. The van der Waals surface area contributed by atoms with Gasteiger partial charge in [-0.2, -0.15) is 0 Å². The largest absolute Gasteiger partial charge is 0.348 e. The van der Waals surface area contributed by atoms with E-state index >= 15 is 0 Å². The predicted octanol–water partition coefficient (Wildman–Crippen LogP) is 3.22. The highest BCUT2D eigenvalue weighted by atomic mass is 31.2. The molecule has 1 aliphatic heterocycles. The van der Waals surface area contributed by atoms with Crippen molar-refractivity contribution in [3.63, 3.8) is 0 Å². The Bertz CT molecular complexity index is 723. The van der Waals surface area contributed by atoms with Crippen molar-refractivity contribution < 1.29 is 14.0 Å². The Kier molecular flexibility index (Phi) is 4.17. The molecule has 0 N–H and O–H groups in total. The lowest BCUT2D eigenvalue weighted by Gasteiger charge is -2.28. The summed E-state index contributed by atoms with van der Waals surface area (Å²) in [7, 11) is -2.56. The summed E-state index contributed by atoms with van der Waals surface area (Å²) in [5.41, 5.74) is 1.81. The van der Waals surface area contributed by atoms with E-state index in [1.807, 2.05) is 44.2 Å². The number of nitrogens with zero attached hydrogens (tertiary/aromatic N) is 3. The molecule has 2 aromatic rings. The summed E-state index contributed by atoms with van der Waals surface area (Å²) in [5.74, 6) is -1.09. The molecule has 3 rings (SSSR count). The van der Waals surface area contributed by atoms with Crippen molar-refractivity contribution in [3.05, 3.63) is 36.5 Å². The van der Waals surface area contributed by atoms with Crippen LogP contribution in [-0.2, 0) is 14.0 Å². The van der Waals surface area contributed by atoms with Gasteiger partial charge in [-0.3, -0.25) is 0 Å². The average molecular weight is 335 g/mol. The van der Waals surface area contributed by atoms with Crippen LogP contribution in [0, 0.1) is 0 Å². The van der Waals surface area contributed by atoms with Gasteiger partial charge in [-0.05, 0) is 27.2 Å². The Morgan fingerprint density at radius 3 is 2.57 bits per heavy atom. The van der Waals surface area contributed by atoms with Gasteiger partial charge in [0.2, 0.25) is 0 Å². The first-order valence-electron chi connectivity index (χ1n) is 7.60. The van der Waals surface area contributed by atoms with Crippen LogP contribution in [0.1, 0.15) is 19.6 Å². The van der Waals surface area contributed by atoms with Crippen molar-refractivity contribution in [1.29, 1.82) is 0 Å². The van der Waals surface area contributed by atoms with E-state index in [-0.39, 0.29) is 6.10 Å². The number of ether oxygens (including phenoxy) is 2. The Hall–Kier alpha value is -1.49. The molecule has 1 aromatic carbocycles. The molecule has 124 valence electrons. The summed E-state index contributed by atoms with van der Waals surface area (Å²) in [6.45, 7) is 7.61. The molecule has 7 heteroatoms. The molecule has 1 fully saturated rings. The van der Waals surface area contributed by atoms with Crippen molar-refractivity contribution in [2.24, 2.45) is 0 Å². The van der Waals surface area contributed by atoms with E-state index in [1.54, 1.807) is 24.2 Å². The fraction of sp³-hybridized carbons (Fsp3) is 0.500. The summed E-state index contributed by atoms with van der Waals surface area (Å²) < 4.78 is 26.3. The van der Waals surface area contributed by atoms with Crippen molar-refractivity contribution in [3.8, 4) is 11.3 Å². The van der Waals surface area contributed by atoms with E-state index in [0.717, 1.165) is 11.3 Å². The zero-order chi connectivity index (χ0) is 16.7. The lowest BCUT2D eigenvalue weighted by Crippen LogP contribution is -2.30. The maximum atomic E-state index is 13.0. The highest BCUT2D eigenvalue weighted by molar-refractivity contribution is 7.62. The molecule has 0 spiro atoms. The van der Waals surface area contributed by atoms with Crippen LogP contribution in [0.2, 0.25) is 0 Å². The maximum absolute atomic E-state index is 13.0. The number of hydrogen-bond acceptors (Lipinski definition) is 5. The van der Waals surface area contributed by atoms with E-state index in [2.05, 4.69) is 10.3 Å². The van der Waals surface area contributed by atoms with Crippen LogP contribution < -0.4 is 0 Å². The Labute approximate surface area is 136 Å².